The fourth-order valence-corrected chi connectivity index (χ4v) is 3.51. The van der Waals surface area contributed by atoms with Gasteiger partial charge in [-0.1, -0.05) is 35.3 Å². The van der Waals surface area contributed by atoms with Crippen LogP contribution in [0.1, 0.15) is 11.1 Å². The number of carbonyl (C=O) groups excluding carboxylic acids is 2. The summed E-state index contributed by atoms with van der Waals surface area (Å²) in [5.41, 5.74) is 3.99. The summed E-state index contributed by atoms with van der Waals surface area (Å²) in [6.45, 7) is 0. The molecule has 27 heavy (non-hydrogen) atoms. The van der Waals surface area contributed by atoms with Crippen LogP contribution in [-0.2, 0) is 22.4 Å². The van der Waals surface area contributed by atoms with Gasteiger partial charge in [-0.15, -0.1) is 0 Å². The topological polar surface area (TPSA) is 86.9 Å². The molecule has 0 saturated heterocycles. The minimum atomic E-state index is -0.207. The molecule has 2 aromatic carbocycles. The molecule has 0 bridgehead atoms. The van der Waals surface area contributed by atoms with E-state index < -0.39 is 0 Å². The lowest BCUT2D eigenvalue weighted by Crippen LogP contribution is -2.14. The van der Waals surface area contributed by atoms with Gasteiger partial charge >= 0.3 is 0 Å². The van der Waals surface area contributed by atoms with Gasteiger partial charge in [0.25, 0.3) is 0 Å². The minimum absolute atomic E-state index is 0.0308. The van der Waals surface area contributed by atoms with Crippen molar-refractivity contribution in [3.63, 3.8) is 0 Å². The molecule has 0 atom stereocenters. The smallest absolute Gasteiger partial charge is 0.229 e. The Morgan fingerprint density at radius 3 is 2.67 bits per heavy atom. The second kappa shape index (κ2) is 7.06. The van der Waals surface area contributed by atoms with Crippen molar-refractivity contribution in [3.05, 3.63) is 63.6 Å². The van der Waals surface area contributed by atoms with Crippen molar-refractivity contribution < 1.29 is 9.59 Å². The Bertz CT molecular complexity index is 1040. The number of amides is 2. The van der Waals surface area contributed by atoms with Crippen LogP contribution in [0, 0.1) is 0 Å². The Kier molecular flexibility index (Phi) is 4.59. The third kappa shape index (κ3) is 3.97. The van der Waals surface area contributed by atoms with Gasteiger partial charge < -0.3 is 10.6 Å². The molecule has 3 aromatic rings. The third-order valence-corrected chi connectivity index (χ3v) is 4.62. The van der Waals surface area contributed by atoms with Crippen LogP contribution >= 0.6 is 23.2 Å². The SMILES string of the molecule is O=C(Cc1ccc2c(c1)NC(=O)C2)Nc1cc(-c2cc(Cl)cc(Cl)c2)[nH]n1. The normalized spacial score (nSPS) is 12.6. The summed E-state index contributed by atoms with van der Waals surface area (Å²) in [6, 6.07) is 12.4. The van der Waals surface area contributed by atoms with Crippen LogP contribution in [-0.4, -0.2) is 22.0 Å². The molecule has 0 unspecified atom stereocenters. The highest BCUT2D eigenvalue weighted by Gasteiger charge is 2.18. The van der Waals surface area contributed by atoms with Gasteiger partial charge in [-0.2, -0.15) is 5.10 Å². The standard InChI is InChI=1S/C19H14Cl2N4O2/c20-13-5-12(6-14(21)8-13)16-9-17(25-24-16)23-18(26)4-10-1-2-11-7-19(27)22-15(11)3-10/h1-3,5-6,8-9H,4,7H2,(H,22,27)(H2,23,24,25,26). The number of H-pyrrole nitrogens is 1. The average Bonchev–Trinajstić information content (AvgIpc) is 3.19. The highest BCUT2D eigenvalue weighted by molar-refractivity contribution is 6.35. The summed E-state index contributed by atoms with van der Waals surface area (Å²) in [4.78, 5) is 23.7. The van der Waals surface area contributed by atoms with Crippen molar-refractivity contribution in [2.24, 2.45) is 0 Å². The van der Waals surface area contributed by atoms with Gasteiger partial charge in [0.2, 0.25) is 11.8 Å². The van der Waals surface area contributed by atoms with Crippen LogP contribution < -0.4 is 10.6 Å². The second-order valence-corrected chi connectivity index (χ2v) is 7.14. The number of rotatable bonds is 4. The van der Waals surface area contributed by atoms with E-state index in [1.165, 1.54) is 0 Å². The fraction of sp³-hybridized carbons (Fsp3) is 0.105. The maximum absolute atomic E-state index is 12.3. The first-order chi connectivity index (χ1) is 13.0. The summed E-state index contributed by atoms with van der Waals surface area (Å²) in [6.07, 6.45) is 0.555. The Hall–Kier alpha value is -2.83. The largest absolute Gasteiger partial charge is 0.326 e. The number of nitrogens with one attached hydrogen (secondary N) is 3. The number of hydrogen-bond acceptors (Lipinski definition) is 3. The first-order valence-electron chi connectivity index (χ1n) is 8.20. The second-order valence-electron chi connectivity index (χ2n) is 6.27. The summed E-state index contributed by atoms with van der Waals surface area (Å²) in [7, 11) is 0. The van der Waals surface area contributed by atoms with E-state index in [0.29, 0.717) is 28.0 Å². The zero-order valence-electron chi connectivity index (χ0n) is 14.0. The number of hydrogen-bond donors (Lipinski definition) is 3. The van der Waals surface area contributed by atoms with Gasteiger partial charge in [0, 0.05) is 27.4 Å². The van der Waals surface area contributed by atoms with Gasteiger partial charge in [-0.05, 0) is 35.4 Å². The van der Waals surface area contributed by atoms with Crippen molar-refractivity contribution in [2.75, 3.05) is 10.6 Å². The van der Waals surface area contributed by atoms with E-state index in [1.54, 1.807) is 24.3 Å². The Balaban J connectivity index is 1.44. The molecule has 0 aliphatic carbocycles. The van der Waals surface area contributed by atoms with Crippen LogP contribution in [0.25, 0.3) is 11.3 Å². The molecule has 0 radical (unpaired) electrons. The predicted octanol–water partition coefficient (Wildman–Crippen LogP) is 4.06. The van der Waals surface area contributed by atoms with Gasteiger partial charge in [0.05, 0.1) is 18.5 Å². The molecule has 136 valence electrons. The minimum Gasteiger partial charge on any atom is -0.326 e. The Morgan fingerprint density at radius 2 is 1.89 bits per heavy atom. The van der Waals surface area contributed by atoms with Crippen molar-refractivity contribution in [2.45, 2.75) is 12.8 Å². The number of aromatic amines is 1. The molecular formula is C19H14Cl2N4O2. The van der Waals surface area contributed by atoms with E-state index in [2.05, 4.69) is 20.8 Å². The molecule has 0 spiro atoms. The summed E-state index contributed by atoms with van der Waals surface area (Å²) in [5.74, 6) is 0.166. The third-order valence-electron chi connectivity index (χ3n) is 4.18. The van der Waals surface area contributed by atoms with Crippen molar-refractivity contribution >= 4 is 46.5 Å². The van der Waals surface area contributed by atoms with E-state index in [9.17, 15) is 9.59 Å². The molecule has 4 rings (SSSR count). The molecule has 2 heterocycles. The molecule has 1 aliphatic rings. The monoisotopic (exact) mass is 400 g/mol. The lowest BCUT2D eigenvalue weighted by Gasteiger charge is -2.05. The van der Waals surface area contributed by atoms with Crippen molar-refractivity contribution in [1.82, 2.24) is 10.2 Å². The summed E-state index contributed by atoms with van der Waals surface area (Å²) in [5, 5.41) is 13.5. The zero-order chi connectivity index (χ0) is 19.0. The number of carbonyl (C=O) groups is 2. The van der Waals surface area contributed by atoms with Crippen LogP contribution in [0.15, 0.2) is 42.5 Å². The molecule has 8 heteroatoms. The lowest BCUT2D eigenvalue weighted by molar-refractivity contribution is -0.116. The zero-order valence-corrected chi connectivity index (χ0v) is 15.5. The van der Waals surface area contributed by atoms with Crippen molar-refractivity contribution in [3.8, 4) is 11.3 Å². The molecular weight excluding hydrogens is 387 g/mol. The number of anilines is 2. The van der Waals surface area contributed by atoms with E-state index in [-0.39, 0.29) is 18.2 Å². The van der Waals surface area contributed by atoms with E-state index in [4.69, 9.17) is 23.2 Å². The van der Waals surface area contributed by atoms with Gasteiger partial charge in [-0.3, -0.25) is 14.7 Å². The Labute approximate surface area is 164 Å². The molecule has 6 nitrogen and oxygen atoms in total. The fourth-order valence-electron chi connectivity index (χ4n) is 2.99. The first kappa shape index (κ1) is 17.6. The highest BCUT2D eigenvalue weighted by Crippen LogP contribution is 2.27. The van der Waals surface area contributed by atoms with Gasteiger partial charge in [0.1, 0.15) is 0 Å². The average molecular weight is 401 g/mol. The molecule has 1 aromatic heterocycles. The molecule has 3 N–H and O–H groups in total. The number of benzene rings is 2. The maximum atomic E-state index is 12.3. The quantitative estimate of drug-likeness (QED) is 0.616. The predicted molar refractivity (Wildman–Crippen MR) is 105 cm³/mol. The van der Waals surface area contributed by atoms with E-state index in [0.717, 1.165) is 22.4 Å². The number of halogens is 2. The summed E-state index contributed by atoms with van der Waals surface area (Å²) < 4.78 is 0. The molecule has 1 aliphatic heterocycles. The number of fused-ring (bicyclic) bond motifs is 1. The van der Waals surface area contributed by atoms with E-state index >= 15 is 0 Å². The number of aromatic nitrogens is 2. The Morgan fingerprint density at radius 1 is 1.11 bits per heavy atom. The van der Waals surface area contributed by atoms with Gasteiger partial charge in [0.15, 0.2) is 5.82 Å². The van der Waals surface area contributed by atoms with Crippen LogP contribution in [0.4, 0.5) is 11.5 Å². The number of nitrogens with zero attached hydrogens (tertiary/aromatic N) is 1. The highest BCUT2D eigenvalue weighted by atomic mass is 35.5. The molecule has 0 saturated carbocycles. The van der Waals surface area contributed by atoms with Crippen LogP contribution in [0.2, 0.25) is 10.0 Å². The van der Waals surface area contributed by atoms with Crippen molar-refractivity contribution in [1.29, 1.82) is 0 Å². The summed E-state index contributed by atoms with van der Waals surface area (Å²) >= 11 is 12.0. The van der Waals surface area contributed by atoms with Crippen LogP contribution in [0.3, 0.4) is 0 Å². The maximum Gasteiger partial charge on any atom is 0.229 e. The van der Waals surface area contributed by atoms with Crippen LogP contribution in [0.5, 0.6) is 0 Å². The molecule has 0 fully saturated rings. The van der Waals surface area contributed by atoms with Gasteiger partial charge in [-0.25, -0.2) is 0 Å². The molecule has 2 amide bonds. The first-order valence-corrected chi connectivity index (χ1v) is 8.95. The lowest BCUT2D eigenvalue weighted by atomic mass is 10.1. The van der Waals surface area contributed by atoms with E-state index in [1.807, 2.05) is 18.2 Å².